The maximum Gasteiger partial charge on any atom is 0.237 e. The summed E-state index contributed by atoms with van der Waals surface area (Å²) < 4.78 is 7.28. The number of carbonyl (C=O) groups excluding carboxylic acids is 1. The van der Waals surface area contributed by atoms with Gasteiger partial charge in [0.2, 0.25) is 5.91 Å². The third kappa shape index (κ3) is 5.31. The number of methoxy groups -OCH3 is 1. The zero-order valence-electron chi connectivity index (χ0n) is 18.0. The number of nitrogens with zero attached hydrogens (tertiary/aromatic N) is 4. The number of carbonyl (C=O) groups is 1. The molecule has 0 saturated heterocycles. The number of amides is 1. The van der Waals surface area contributed by atoms with E-state index in [1.54, 1.807) is 7.11 Å². The number of hydrogen-bond donors (Lipinski definition) is 0. The zero-order valence-corrected chi connectivity index (χ0v) is 20.4. The van der Waals surface area contributed by atoms with Crippen LogP contribution in [0.1, 0.15) is 13.3 Å². The van der Waals surface area contributed by atoms with Crippen LogP contribution in [0.15, 0.2) is 58.6 Å². The van der Waals surface area contributed by atoms with Crippen molar-refractivity contribution >= 4 is 46.7 Å². The predicted octanol–water partition coefficient (Wildman–Crippen LogP) is 5.25. The second-order valence-electron chi connectivity index (χ2n) is 7.48. The van der Waals surface area contributed by atoms with Crippen molar-refractivity contribution in [2.24, 2.45) is 0 Å². The maximum absolute atomic E-state index is 13.2. The Kier molecular flexibility index (Phi) is 7.78. The molecule has 1 atom stereocenters. The van der Waals surface area contributed by atoms with Crippen molar-refractivity contribution in [3.8, 4) is 11.4 Å². The molecule has 1 aromatic heterocycles. The summed E-state index contributed by atoms with van der Waals surface area (Å²) in [6.45, 7) is 4.05. The van der Waals surface area contributed by atoms with E-state index in [0.29, 0.717) is 34.3 Å². The van der Waals surface area contributed by atoms with Gasteiger partial charge in [0.15, 0.2) is 11.0 Å². The van der Waals surface area contributed by atoms with E-state index < -0.39 is 0 Å². The first-order valence-corrected chi connectivity index (χ1v) is 12.7. The van der Waals surface area contributed by atoms with Crippen LogP contribution in [-0.2, 0) is 16.1 Å². The largest absolute Gasteiger partial charge is 0.383 e. The van der Waals surface area contributed by atoms with Gasteiger partial charge in [-0.05, 0) is 42.8 Å². The number of benzene rings is 2. The summed E-state index contributed by atoms with van der Waals surface area (Å²) >= 11 is 9.27. The van der Waals surface area contributed by atoms with Crippen molar-refractivity contribution in [1.29, 1.82) is 0 Å². The van der Waals surface area contributed by atoms with E-state index in [1.165, 1.54) is 11.8 Å². The zero-order chi connectivity index (χ0) is 22.5. The lowest BCUT2D eigenvalue weighted by atomic mass is 10.2. The number of para-hydroxylation sites is 1. The van der Waals surface area contributed by atoms with Crippen LogP contribution in [0.25, 0.3) is 11.4 Å². The van der Waals surface area contributed by atoms with E-state index in [9.17, 15) is 4.79 Å². The molecule has 1 aliphatic rings. The van der Waals surface area contributed by atoms with Gasteiger partial charge in [0.05, 0.1) is 24.6 Å². The number of ether oxygens (including phenoxy) is 1. The summed E-state index contributed by atoms with van der Waals surface area (Å²) in [6, 6.07) is 15.6. The monoisotopic (exact) mass is 488 g/mol. The number of thioether (sulfide) groups is 2. The predicted molar refractivity (Wildman–Crippen MR) is 132 cm³/mol. The van der Waals surface area contributed by atoms with E-state index >= 15 is 0 Å². The van der Waals surface area contributed by atoms with Crippen molar-refractivity contribution < 1.29 is 9.53 Å². The van der Waals surface area contributed by atoms with E-state index in [4.69, 9.17) is 16.3 Å². The lowest BCUT2D eigenvalue weighted by Gasteiger charge is -2.22. The molecule has 1 unspecified atom stereocenters. The van der Waals surface area contributed by atoms with E-state index in [-0.39, 0.29) is 5.91 Å². The van der Waals surface area contributed by atoms with E-state index in [1.807, 2.05) is 63.7 Å². The second-order valence-corrected chi connectivity index (χ2v) is 10.3. The Morgan fingerprint density at radius 1 is 1.22 bits per heavy atom. The van der Waals surface area contributed by atoms with Gasteiger partial charge in [0, 0.05) is 34.4 Å². The lowest BCUT2D eigenvalue weighted by Crippen LogP contribution is -2.33. The van der Waals surface area contributed by atoms with Crippen LogP contribution in [0.3, 0.4) is 0 Å². The fraction of sp³-hybridized carbons (Fsp3) is 0.348. The van der Waals surface area contributed by atoms with Gasteiger partial charge in [0.25, 0.3) is 0 Å². The summed E-state index contributed by atoms with van der Waals surface area (Å²) in [6.07, 6.45) is 0.959. The molecule has 0 saturated carbocycles. The summed E-state index contributed by atoms with van der Waals surface area (Å²) in [4.78, 5) is 16.3. The highest BCUT2D eigenvalue weighted by molar-refractivity contribution is 8.00. The number of halogens is 1. The SMILES string of the molecule is COCCn1c(SCC(=O)N2CCC(C)Sc3ccccc32)nnc1-c1ccc(Cl)cc1. The molecular formula is C23H25ClN4O2S2. The van der Waals surface area contributed by atoms with Gasteiger partial charge in [0.1, 0.15) is 0 Å². The fourth-order valence-corrected chi connectivity index (χ4v) is 5.62. The van der Waals surface area contributed by atoms with Gasteiger partial charge in [-0.15, -0.1) is 22.0 Å². The minimum absolute atomic E-state index is 0.0754. The van der Waals surface area contributed by atoms with Gasteiger partial charge in [-0.2, -0.15) is 0 Å². The summed E-state index contributed by atoms with van der Waals surface area (Å²) in [5.74, 6) is 1.10. The smallest absolute Gasteiger partial charge is 0.237 e. The van der Waals surface area contributed by atoms with E-state index in [0.717, 1.165) is 34.9 Å². The molecule has 6 nitrogen and oxygen atoms in total. The minimum atomic E-state index is 0.0754. The molecule has 4 rings (SSSR count). The van der Waals surface area contributed by atoms with Crippen molar-refractivity contribution in [2.45, 2.75) is 35.2 Å². The molecule has 2 aromatic carbocycles. The molecule has 9 heteroatoms. The van der Waals surface area contributed by atoms with Crippen LogP contribution >= 0.6 is 35.1 Å². The molecule has 0 N–H and O–H groups in total. The topological polar surface area (TPSA) is 60.2 Å². The van der Waals surface area contributed by atoms with Crippen LogP contribution in [-0.4, -0.2) is 51.9 Å². The highest BCUT2D eigenvalue weighted by atomic mass is 35.5. The van der Waals surface area contributed by atoms with Gasteiger partial charge in [-0.3, -0.25) is 9.36 Å². The van der Waals surface area contributed by atoms with E-state index in [2.05, 4.69) is 23.2 Å². The first-order chi connectivity index (χ1) is 15.6. The Hall–Kier alpha value is -2.00. The number of anilines is 1. The molecular weight excluding hydrogens is 464 g/mol. The average molecular weight is 489 g/mol. The quantitative estimate of drug-likeness (QED) is 0.423. The van der Waals surface area contributed by atoms with Crippen LogP contribution in [0, 0.1) is 0 Å². The molecule has 1 amide bonds. The normalized spacial score (nSPS) is 16.0. The molecule has 168 valence electrons. The Balaban J connectivity index is 1.53. The number of aromatic nitrogens is 3. The fourth-order valence-electron chi connectivity index (χ4n) is 3.54. The Morgan fingerprint density at radius 2 is 2.00 bits per heavy atom. The second kappa shape index (κ2) is 10.7. The van der Waals surface area contributed by atoms with Crippen molar-refractivity contribution in [3.05, 3.63) is 53.6 Å². The van der Waals surface area contributed by atoms with Crippen molar-refractivity contribution in [1.82, 2.24) is 14.8 Å². The maximum atomic E-state index is 13.2. The van der Waals surface area contributed by atoms with Gasteiger partial charge >= 0.3 is 0 Å². The Labute approximate surface area is 201 Å². The summed E-state index contributed by atoms with van der Waals surface area (Å²) in [7, 11) is 1.67. The van der Waals surface area contributed by atoms with Crippen LogP contribution in [0.5, 0.6) is 0 Å². The summed E-state index contributed by atoms with van der Waals surface area (Å²) in [5, 5.41) is 10.6. The Bertz CT molecular complexity index is 1070. The molecule has 1 aliphatic heterocycles. The minimum Gasteiger partial charge on any atom is -0.383 e. The standard InChI is InChI=1S/C23H25ClN4O2S2/c1-16-11-12-27(19-5-3-4-6-20(19)32-16)21(29)15-31-23-26-25-22(28(23)13-14-30-2)17-7-9-18(24)10-8-17/h3-10,16H,11-15H2,1-2H3. The first kappa shape index (κ1) is 23.2. The molecule has 0 radical (unpaired) electrons. The molecule has 0 aliphatic carbocycles. The van der Waals surface area contributed by atoms with Crippen molar-refractivity contribution in [3.63, 3.8) is 0 Å². The van der Waals surface area contributed by atoms with Crippen molar-refractivity contribution in [2.75, 3.05) is 30.9 Å². The molecule has 3 aromatic rings. The number of fused-ring (bicyclic) bond motifs is 1. The lowest BCUT2D eigenvalue weighted by molar-refractivity contribution is -0.116. The third-order valence-electron chi connectivity index (χ3n) is 5.21. The van der Waals surface area contributed by atoms with Gasteiger partial charge < -0.3 is 9.64 Å². The average Bonchev–Trinajstić information content (AvgIpc) is 3.11. The number of rotatable bonds is 7. The Morgan fingerprint density at radius 3 is 2.78 bits per heavy atom. The molecule has 2 heterocycles. The number of hydrogen-bond acceptors (Lipinski definition) is 6. The highest BCUT2D eigenvalue weighted by Gasteiger charge is 2.25. The molecule has 32 heavy (non-hydrogen) atoms. The highest BCUT2D eigenvalue weighted by Crippen LogP contribution is 2.37. The van der Waals surface area contributed by atoms with Crippen LogP contribution < -0.4 is 4.90 Å². The first-order valence-electron chi connectivity index (χ1n) is 10.4. The molecule has 0 fully saturated rings. The third-order valence-corrected chi connectivity index (χ3v) is 7.65. The molecule has 0 bridgehead atoms. The molecule has 0 spiro atoms. The van der Waals surface area contributed by atoms with Gasteiger partial charge in [-0.25, -0.2) is 0 Å². The summed E-state index contributed by atoms with van der Waals surface area (Å²) in [5.41, 5.74) is 1.92. The van der Waals surface area contributed by atoms with Crippen LogP contribution in [0.4, 0.5) is 5.69 Å². The van der Waals surface area contributed by atoms with Crippen LogP contribution in [0.2, 0.25) is 5.02 Å². The van der Waals surface area contributed by atoms with Gasteiger partial charge in [-0.1, -0.05) is 42.4 Å².